The molecule has 92 valence electrons. The third-order valence-corrected chi connectivity index (χ3v) is 4.55. The number of rotatable bonds is 5. The van der Waals surface area contributed by atoms with Gasteiger partial charge in [-0.15, -0.1) is 11.3 Å². The molecule has 2 heteroatoms. The van der Waals surface area contributed by atoms with Crippen LogP contribution in [0.15, 0.2) is 18.2 Å². The second kappa shape index (κ2) is 5.65. The van der Waals surface area contributed by atoms with E-state index in [0.717, 1.165) is 19.5 Å². The van der Waals surface area contributed by atoms with E-state index >= 15 is 0 Å². The molecule has 0 saturated heterocycles. The van der Waals surface area contributed by atoms with E-state index in [1.54, 1.807) is 0 Å². The molecule has 1 N–H and O–H groups in total. The molecule has 0 radical (unpaired) electrons. The summed E-state index contributed by atoms with van der Waals surface area (Å²) in [7, 11) is 0. The lowest BCUT2D eigenvalue weighted by molar-refractivity contribution is 0.679. The average Bonchev–Trinajstić information content (AvgIpc) is 2.69. The maximum Gasteiger partial charge on any atom is 0.0378 e. The predicted molar refractivity (Wildman–Crippen MR) is 77.9 cm³/mol. The van der Waals surface area contributed by atoms with Gasteiger partial charge in [-0.3, -0.25) is 0 Å². The summed E-state index contributed by atoms with van der Waals surface area (Å²) in [6.45, 7) is 8.81. The molecule has 0 aliphatic heterocycles. The van der Waals surface area contributed by atoms with Gasteiger partial charge in [0.15, 0.2) is 0 Å². The van der Waals surface area contributed by atoms with Crippen LogP contribution in [0.3, 0.4) is 0 Å². The van der Waals surface area contributed by atoms with Crippen molar-refractivity contribution in [3.63, 3.8) is 0 Å². The highest BCUT2D eigenvalue weighted by Gasteiger charge is 2.11. The Morgan fingerprint density at radius 3 is 2.76 bits per heavy atom. The molecule has 0 fully saturated rings. The Labute approximate surface area is 108 Å². The van der Waals surface area contributed by atoms with Gasteiger partial charge in [0.25, 0.3) is 0 Å². The van der Waals surface area contributed by atoms with E-state index in [9.17, 15) is 0 Å². The number of nitrogens with one attached hydrogen (secondary N) is 1. The number of fused-ring (bicyclic) bond motifs is 1. The first-order chi connectivity index (χ1) is 8.27. The summed E-state index contributed by atoms with van der Waals surface area (Å²) in [6.07, 6.45) is 2.33. The van der Waals surface area contributed by atoms with Gasteiger partial charge in [-0.05, 0) is 42.8 Å². The van der Waals surface area contributed by atoms with E-state index in [4.69, 9.17) is 0 Å². The molecular formula is C15H21NS. The normalized spacial score (nSPS) is 11.2. The van der Waals surface area contributed by atoms with E-state index in [1.807, 2.05) is 11.3 Å². The molecule has 0 unspecified atom stereocenters. The summed E-state index contributed by atoms with van der Waals surface area (Å²) < 4.78 is 1.47. The Bertz CT molecular complexity index is 499. The van der Waals surface area contributed by atoms with Crippen molar-refractivity contribution in [2.75, 3.05) is 6.54 Å². The van der Waals surface area contributed by atoms with Gasteiger partial charge in [-0.25, -0.2) is 0 Å². The molecule has 0 atom stereocenters. The monoisotopic (exact) mass is 247 g/mol. The van der Waals surface area contributed by atoms with Crippen molar-refractivity contribution < 1.29 is 0 Å². The van der Waals surface area contributed by atoms with Crippen LogP contribution in [0.25, 0.3) is 10.1 Å². The third-order valence-electron chi connectivity index (χ3n) is 3.16. The minimum absolute atomic E-state index is 1.02. The molecule has 2 rings (SSSR count). The summed E-state index contributed by atoms with van der Waals surface area (Å²) in [5.41, 5.74) is 2.95. The number of aryl methyl sites for hydroxylation is 2. The van der Waals surface area contributed by atoms with Gasteiger partial charge in [-0.2, -0.15) is 0 Å². The van der Waals surface area contributed by atoms with Crippen LogP contribution in [0.1, 0.15) is 36.3 Å². The number of hydrogen-bond donors (Lipinski definition) is 1. The van der Waals surface area contributed by atoms with Crippen LogP contribution in [-0.4, -0.2) is 6.54 Å². The molecule has 0 aliphatic rings. The third kappa shape index (κ3) is 2.53. The lowest BCUT2D eigenvalue weighted by Gasteiger charge is -2.03. The molecule has 1 aromatic carbocycles. The lowest BCUT2D eigenvalue weighted by Crippen LogP contribution is -2.13. The van der Waals surface area contributed by atoms with Gasteiger partial charge in [-0.1, -0.05) is 32.0 Å². The van der Waals surface area contributed by atoms with E-state index in [2.05, 4.69) is 44.3 Å². The van der Waals surface area contributed by atoms with Crippen molar-refractivity contribution in [3.05, 3.63) is 34.2 Å². The topological polar surface area (TPSA) is 12.0 Å². The fourth-order valence-electron chi connectivity index (χ4n) is 2.27. The number of thiophene rings is 1. The molecule has 0 saturated carbocycles. The quantitative estimate of drug-likeness (QED) is 0.778. The Balaban J connectivity index is 2.38. The first kappa shape index (κ1) is 12.6. The highest BCUT2D eigenvalue weighted by atomic mass is 32.1. The Morgan fingerprint density at radius 2 is 2.06 bits per heavy atom. The zero-order valence-electron chi connectivity index (χ0n) is 11.0. The summed E-state index contributed by atoms with van der Waals surface area (Å²) >= 11 is 1.96. The van der Waals surface area contributed by atoms with Crippen molar-refractivity contribution in [2.45, 2.75) is 40.2 Å². The van der Waals surface area contributed by atoms with Gasteiger partial charge in [0.2, 0.25) is 0 Å². The standard InChI is InChI=1S/C15H21NS/c1-4-9-16-10-14-12(5-2)13-8-6-7-11(3)15(13)17-14/h6-8,16H,4-5,9-10H2,1-3H3. The number of hydrogen-bond acceptors (Lipinski definition) is 2. The second-order valence-electron chi connectivity index (χ2n) is 4.49. The van der Waals surface area contributed by atoms with Gasteiger partial charge >= 0.3 is 0 Å². The summed E-state index contributed by atoms with van der Waals surface area (Å²) in [5.74, 6) is 0. The predicted octanol–water partition coefficient (Wildman–Crippen LogP) is 4.27. The van der Waals surface area contributed by atoms with Crippen molar-refractivity contribution in [1.82, 2.24) is 5.32 Å². The smallest absolute Gasteiger partial charge is 0.0378 e. The summed E-state index contributed by atoms with van der Waals surface area (Å²) in [6, 6.07) is 6.65. The lowest BCUT2D eigenvalue weighted by atomic mass is 10.1. The van der Waals surface area contributed by atoms with Crippen LogP contribution in [-0.2, 0) is 13.0 Å². The molecule has 1 nitrogen and oxygen atoms in total. The molecule has 0 spiro atoms. The minimum Gasteiger partial charge on any atom is -0.312 e. The molecule has 0 bridgehead atoms. The SMILES string of the molecule is CCCNCc1sc2c(C)cccc2c1CC. The average molecular weight is 247 g/mol. The summed E-state index contributed by atoms with van der Waals surface area (Å²) in [5, 5.41) is 4.98. The molecule has 17 heavy (non-hydrogen) atoms. The van der Waals surface area contributed by atoms with E-state index in [-0.39, 0.29) is 0 Å². The van der Waals surface area contributed by atoms with Gasteiger partial charge < -0.3 is 5.32 Å². The van der Waals surface area contributed by atoms with Crippen molar-refractivity contribution >= 4 is 21.4 Å². The zero-order chi connectivity index (χ0) is 12.3. The minimum atomic E-state index is 1.02. The maximum absolute atomic E-state index is 3.52. The van der Waals surface area contributed by atoms with Crippen LogP contribution in [0.5, 0.6) is 0 Å². The van der Waals surface area contributed by atoms with E-state index in [0.29, 0.717) is 0 Å². The highest BCUT2D eigenvalue weighted by molar-refractivity contribution is 7.19. The van der Waals surface area contributed by atoms with Crippen LogP contribution < -0.4 is 5.32 Å². The van der Waals surface area contributed by atoms with Gasteiger partial charge in [0, 0.05) is 16.1 Å². The fraction of sp³-hybridized carbons (Fsp3) is 0.467. The largest absolute Gasteiger partial charge is 0.312 e. The molecule has 1 aromatic heterocycles. The molecule has 2 aromatic rings. The zero-order valence-corrected chi connectivity index (χ0v) is 11.8. The number of benzene rings is 1. The van der Waals surface area contributed by atoms with Crippen molar-refractivity contribution in [3.8, 4) is 0 Å². The van der Waals surface area contributed by atoms with Gasteiger partial charge in [0.05, 0.1) is 0 Å². The second-order valence-corrected chi connectivity index (χ2v) is 5.59. The maximum atomic E-state index is 3.52. The van der Waals surface area contributed by atoms with Crippen LogP contribution in [0, 0.1) is 6.92 Å². The fourth-order valence-corrected chi connectivity index (χ4v) is 3.60. The van der Waals surface area contributed by atoms with E-state index < -0.39 is 0 Å². The summed E-state index contributed by atoms with van der Waals surface area (Å²) in [4.78, 5) is 1.52. The first-order valence-corrected chi connectivity index (χ1v) is 7.30. The van der Waals surface area contributed by atoms with E-state index in [1.165, 1.54) is 32.5 Å². The molecule has 0 aliphatic carbocycles. The molecule has 0 amide bonds. The Morgan fingerprint density at radius 1 is 1.24 bits per heavy atom. The Kier molecular flexibility index (Phi) is 4.19. The van der Waals surface area contributed by atoms with Crippen LogP contribution in [0.2, 0.25) is 0 Å². The van der Waals surface area contributed by atoms with Gasteiger partial charge in [0.1, 0.15) is 0 Å². The first-order valence-electron chi connectivity index (χ1n) is 6.48. The van der Waals surface area contributed by atoms with Crippen molar-refractivity contribution in [2.24, 2.45) is 0 Å². The molecule has 1 heterocycles. The highest BCUT2D eigenvalue weighted by Crippen LogP contribution is 2.33. The Hall–Kier alpha value is -0.860. The van der Waals surface area contributed by atoms with Crippen LogP contribution >= 0.6 is 11.3 Å². The molecular weight excluding hydrogens is 226 g/mol. The van der Waals surface area contributed by atoms with Crippen molar-refractivity contribution in [1.29, 1.82) is 0 Å². The van der Waals surface area contributed by atoms with Crippen LogP contribution in [0.4, 0.5) is 0 Å².